The molecule has 0 aliphatic rings. The molecule has 7 nitrogen and oxygen atoms in total. The number of carbonyl (C=O) groups excluding carboxylic acids is 1. The Morgan fingerprint density at radius 2 is 1.62 bits per heavy atom. The molecule has 0 aliphatic heterocycles. The van der Waals surface area contributed by atoms with E-state index in [4.69, 9.17) is 9.47 Å². The first-order valence-electron chi connectivity index (χ1n) is 9.34. The molecule has 3 aromatic rings. The molecule has 1 amide bonds. The van der Waals surface area contributed by atoms with Gasteiger partial charge < -0.3 is 20.1 Å². The first kappa shape index (κ1) is 20.1. The summed E-state index contributed by atoms with van der Waals surface area (Å²) in [7, 11) is 3.07. The smallest absolute Gasteiger partial charge is 0.257 e. The number of ether oxygens (including phenoxy) is 2. The van der Waals surface area contributed by atoms with Crippen LogP contribution in [0.25, 0.3) is 0 Å². The van der Waals surface area contributed by atoms with Crippen molar-refractivity contribution >= 4 is 17.5 Å². The average Bonchev–Trinajstić information content (AvgIpc) is 2.78. The number of nitrogens with zero attached hydrogens (tertiary/aromatic N) is 2. The monoisotopic (exact) mass is 392 g/mol. The maximum atomic E-state index is 12.4. The van der Waals surface area contributed by atoms with Crippen LogP contribution in [0.5, 0.6) is 11.5 Å². The summed E-state index contributed by atoms with van der Waals surface area (Å²) in [6, 6.07) is 18.8. The Balaban J connectivity index is 1.50. The molecule has 0 unspecified atom stereocenters. The van der Waals surface area contributed by atoms with Crippen molar-refractivity contribution < 1.29 is 14.3 Å². The number of aromatic nitrogens is 2. The third kappa shape index (κ3) is 5.68. The summed E-state index contributed by atoms with van der Waals surface area (Å²) >= 11 is 0. The van der Waals surface area contributed by atoms with Crippen LogP contribution in [-0.2, 0) is 6.42 Å². The van der Waals surface area contributed by atoms with E-state index in [0.717, 1.165) is 19.4 Å². The predicted octanol–water partition coefficient (Wildman–Crippen LogP) is 3.79. The summed E-state index contributed by atoms with van der Waals surface area (Å²) < 4.78 is 10.4. The van der Waals surface area contributed by atoms with Crippen LogP contribution in [0.2, 0.25) is 0 Å². The number of methoxy groups -OCH3 is 2. The molecule has 1 heterocycles. The molecule has 0 saturated carbocycles. The lowest BCUT2D eigenvalue weighted by molar-refractivity contribution is 0.102. The number of aryl methyl sites for hydroxylation is 1. The van der Waals surface area contributed by atoms with Gasteiger partial charge >= 0.3 is 0 Å². The van der Waals surface area contributed by atoms with Crippen molar-refractivity contribution in [3.8, 4) is 11.5 Å². The number of hydrogen-bond donors (Lipinski definition) is 2. The van der Waals surface area contributed by atoms with E-state index in [9.17, 15) is 4.79 Å². The van der Waals surface area contributed by atoms with E-state index in [1.54, 1.807) is 37.4 Å². The van der Waals surface area contributed by atoms with Gasteiger partial charge in [0.1, 0.15) is 5.82 Å². The van der Waals surface area contributed by atoms with Crippen LogP contribution in [0.3, 0.4) is 0 Å². The van der Waals surface area contributed by atoms with Crippen LogP contribution in [-0.4, -0.2) is 36.9 Å². The number of anilines is 2. The SMILES string of the molecule is COc1ccc(C(=O)Nc2ccc(NCCCc3ccccc3)nn2)cc1OC. The van der Waals surface area contributed by atoms with Crippen LogP contribution < -0.4 is 20.1 Å². The molecule has 29 heavy (non-hydrogen) atoms. The van der Waals surface area contributed by atoms with Crippen molar-refractivity contribution in [2.24, 2.45) is 0 Å². The molecule has 1 aromatic heterocycles. The van der Waals surface area contributed by atoms with E-state index < -0.39 is 0 Å². The van der Waals surface area contributed by atoms with Gasteiger partial charge in [0.25, 0.3) is 5.91 Å². The first-order chi connectivity index (χ1) is 14.2. The number of benzene rings is 2. The second-order valence-electron chi connectivity index (χ2n) is 6.34. The zero-order valence-corrected chi connectivity index (χ0v) is 16.5. The molecule has 0 spiro atoms. The molecule has 0 bridgehead atoms. The number of hydrogen-bond acceptors (Lipinski definition) is 6. The second-order valence-corrected chi connectivity index (χ2v) is 6.34. The van der Waals surface area contributed by atoms with E-state index in [1.165, 1.54) is 12.7 Å². The van der Waals surface area contributed by atoms with Gasteiger partial charge in [-0.25, -0.2) is 0 Å². The van der Waals surface area contributed by atoms with Crippen molar-refractivity contribution in [3.63, 3.8) is 0 Å². The summed E-state index contributed by atoms with van der Waals surface area (Å²) in [5.74, 6) is 1.79. The highest BCUT2D eigenvalue weighted by molar-refractivity contribution is 6.04. The number of nitrogens with one attached hydrogen (secondary N) is 2. The zero-order valence-electron chi connectivity index (χ0n) is 16.5. The van der Waals surface area contributed by atoms with Gasteiger partial charge in [-0.05, 0) is 48.7 Å². The quantitative estimate of drug-likeness (QED) is 0.539. The van der Waals surface area contributed by atoms with Crippen molar-refractivity contribution in [1.29, 1.82) is 0 Å². The molecule has 0 saturated heterocycles. The molecule has 150 valence electrons. The third-order valence-electron chi connectivity index (χ3n) is 4.34. The molecule has 3 rings (SSSR count). The largest absolute Gasteiger partial charge is 0.493 e. The summed E-state index contributed by atoms with van der Waals surface area (Å²) in [6.07, 6.45) is 1.99. The molecular weight excluding hydrogens is 368 g/mol. The standard InChI is InChI=1S/C22H24N4O3/c1-28-18-11-10-17(15-19(18)29-2)22(27)24-21-13-12-20(25-26-21)23-14-6-9-16-7-4-3-5-8-16/h3-5,7-8,10-13,15H,6,9,14H2,1-2H3,(H,23,25)(H,24,26,27). The van der Waals surface area contributed by atoms with Crippen LogP contribution in [0.4, 0.5) is 11.6 Å². The van der Waals surface area contributed by atoms with Crippen molar-refractivity contribution in [3.05, 3.63) is 71.8 Å². The zero-order chi connectivity index (χ0) is 20.5. The molecule has 0 fully saturated rings. The lowest BCUT2D eigenvalue weighted by Crippen LogP contribution is -2.14. The van der Waals surface area contributed by atoms with Crippen LogP contribution in [0, 0.1) is 0 Å². The minimum absolute atomic E-state index is 0.302. The number of amides is 1. The highest BCUT2D eigenvalue weighted by Gasteiger charge is 2.11. The highest BCUT2D eigenvalue weighted by Crippen LogP contribution is 2.27. The fourth-order valence-corrected chi connectivity index (χ4v) is 2.81. The van der Waals surface area contributed by atoms with Gasteiger partial charge in [-0.2, -0.15) is 0 Å². The second kappa shape index (κ2) is 10.1. The molecule has 7 heteroatoms. The van der Waals surface area contributed by atoms with Crippen LogP contribution in [0.1, 0.15) is 22.3 Å². The number of carbonyl (C=O) groups is 1. The summed E-state index contributed by atoms with van der Waals surface area (Å²) in [4.78, 5) is 12.4. The predicted molar refractivity (Wildman–Crippen MR) is 113 cm³/mol. The Morgan fingerprint density at radius 1 is 0.897 bits per heavy atom. The lowest BCUT2D eigenvalue weighted by atomic mass is 10.1. The van der Waals surface area contributed by atoms with Gasteiger partial charge in [-0.3, -0.25) is 4.79 Å². The Hall–Kier alpha value is -3.61. The molecule has 2 aromatic carbocycles. The lowest BCUT2D eigenvalue weighted by Gasteiger charge is -2.10. The summed E-state index contributed by atoms with van der Waals surface area (Å²) in [5.41, 5.74) is 1.75. The number of rotatable bonds is 9. The van der Waals surface area contributed by atoms with E-state index in [1.807, 2.05) is 18.2 Å². The molecule has 2 N–H and O–H groups in total. The Morgan fingerprint density at radius 3 is 2.31 bits per heavy atom. The summed E-state index contributed by atoms with van der Waals surface area (Å²) in [5, 5.41) is 14.1. The molecule has 0 aliphatic carbocycles. The first-order valence-corrected chi connectivity index (χ1v) is 9.34. The van der Waals surface area contributed by atoms with Gasteiger partial charge in [-0.15, -0.1) is 10.2 Å². The minimum Gasteiger partial charge on any atom is -0.493 e. The Kier molecular flexibility index (Phi) is 7.00. The Labute approximate surface area is 170 Å². The van der Waals surface area contributed by atoms with Gasteiger partial charge in [0.2, 0.25) is 0 Å². The maximum Gasteiger partial charge on any atom is 0.257 e. The van der Waals surface area contributed by atoms with Gasteiger partial charge in [0.15, 0.2) is 17.3 Å². The van der Waals surface area contributed by atoms with Gasteiger partial charge in [0, 0.05) is 12.1 Å². The molecule has 0 radical (unpaired) electrons. The highest BCUT2D eigenvalue weighted by atomic mass is 16.5. The fraction of sp³-hybridized carbons (Fsp3) is 0.227. The molecular formula is C22H24N4O3. The van der Waals surface area contributed by atoms with E-state index in [2.05, 4.69) is 33.0 Å². The van der Waals surface area contributed by atoms with E-state index >= 15 is 0 Å². The minimum atomic E-state index is -0.302. The van der Waals surface area contributed by atoms with Crippen molar-refractivity contribution in [2.45, 2.75) is 12.8 Å². The van der Waals surface area contributed by atoms with E-state index in [0.29, 0.717) is 28.7 Å². The Bertz CT molecular complexity index is 931. The third-order valence-corrected chi connectivity index (χ3v) is 4.34. The summed E-state index contributed by atoms with van der Waals surface area (Å²) in [6.45, 7) is 0.793. The van der Waals surface area contributed by atoms with Crippen molar-refractivity contribution in [2.75, 3.05) is 31.4 Å². The average molecular weight is 392 g/mol. The van der Waals surface area contributed by atoms with Crippen LogP contribution in [0.15, 0.2) is 60.7 Å². The van der Waals surface area contributed by atoms with Crippen LogP contribution >= 0.6 is 0 Å². The van der Waals surface area contributed by atoms with Crippen molar-refractivity contribution in [1.82, 2.24) is 10.2 Å². The molecule has 0 atom stereocenters. The fourth-order valence-electron chi connectivity index (χ4n) is 2.81. The van der Waals surface area contributed by atoms with Gasteiger partial charge in [-0.1, -0.05) is 30.3 Å². The normalized spacial score (nSPS) is 10.3. The van der Waals surface area contributed by atoms with Gasteiger partial charge in [0.05, 0.1) is 14.2 Å². The maximum absolute atomic E-state index is 12.4. The topological polar surface area (TPSA) is 85.4 Å². The van der Waals surface area contributed by atoms with E-state index in [-0.39, 0.29) is 5.91 Å².